The van der Waals surface area contributed by atoms with Crippen molar-refractivity contribution in [2.75, 3.05) is 25.0 Å². The van der Waals surface area contributed by atoms with Gasteiger partial charge in [0.2, 0.25) is 0 Å². The highest BCUT2D eigenvalue weighted by Crippen LogP contribution is 2.30. The summed E-state index contributed by atoms with van der Waals surface area (Å²) >= 11 is 2.52. The Kier molecular flexibility index (Phi) is 6.85. The number of carbonyl (C=O) groups is 1. The number of rotatable bonds is 6. The first kappa shape index (κ1) is 19.1. The van der Waals surface area contributed by atoms with E-state index in [1.165, 1.54) is 5.56 Å². The van der Waals surface area contributed by atoms with Crippen molar-refractivity contribution < 1.29 is 9.53 Å². The molecule has 0 radical (unpaired) electrons. The van der Waals surface area contributed by atoms with E-state index in [4.69, 9.17) is 4.74 Å². The zero-order valence-electron chi connectivity index (χ0n) is 14.9. The topological polar surface area (TPSA) is 54.5 Å². The molecule has 0 aliphatic carbocycles. The fraction of sp³-hybridized carbons (Fsp3) is 0.400. The molecule has 2 heterocycles. The summed E-state index contributed by atoms with van der Waals surface area (Å²) in [5, 5.41) is 3.51. The van der Waals surface area contributed by atoms with E-state index in [-0.39, 0.29) is 5.97 Å². The van der Waals surface area contributed by atoms with E-state index in [0.717, 1.165) is 31.7 Å². The molecule has 5 nitrogen and oxygen atoms in total. The molecule has 3 rings (SSSR count). The highest BCUT2D eigenvalue weighted by Gasteiger charge is 2.25. The molecular formula is C20H24IN3O2. The summed E-state index contributed by atoms with van der Waals surface area (Å²) in [6, 6.07) is 14.6. The largest absolute Gasteiger partial charge is 0.462 e. The lowest BCUT2D eigenvalue weighted by atomic mass is 10.0. The number of ether oxygens (including phenoxy) is 1. The summed E-state index contributed by atoms with van der Waals surface area (Å²) in [4.78, 5) is 18.6. The average molecular weight is 465 g/mol. The molecule has 0 amide bonds. The number of hydrogen-bond donors (Lipinski definition) is 1. The summed E-state index contributed by atoms with van der Waals surface area (Å²) in [7, 11) is 0. The van der Waals surface area contributed by atoms with Gasteiger partial charge < -0.3 is 10.1 Å². The van der Waals surface area contributed by atoms with Crippen LogP contribution >= 0.6 is 22.6 Å². The summed E-state index contributed by atoms with van der Waals surface area (Å²) < 4.78 is 5.37. The summed E-state index contributed by atoms with van der Waals surface area (Å²) in [6.45, 7) is 4.25. The minimum Gasteiger partial charge on any atom is -0.462 e. The van der Waals surface area contributed by atoms with Crippen molar-refractivity contribution in [3.8, 4) is 0 Å². The number of benzene rings is 1. The van der Waals surface area contributed by atoms with Gasteiger partial charge in [-0.3, -0.25) is 4.90 Å². The predicted octanol–water partition coefficient (Wildman–Crippen LogP) is 4.27. The molecule has 1 aromatic carbocycles. The molecule has 138 valence electrons. The zero-order chi connectivity index (χ0) is 18.4. The molecule has 1 N–H and O–H groups in total. The summed E-state index contributed by atoms with van der Waals surface area (Å²) in [6.07, 6.45) is 3.85. The lowest BCUT2D eigenvalue weighted by Gasteiger charge is -2.36. The molecule has 1 aliphatic heterocycles. The van der Waals surface area contributed by atoms with Gasteiger partial charge in [0.15, 0.2) is 0 Å². The Morgan fingerprint density at radius 2 is 2.15 bits per heavy atom. The van der Waals surface area contributed by atoms with Gasteiger partial charge in [-0.25, -0.2) is 9.78 Å². The Hall–Kier alpha value is -1.67. The monoisotopic (exact) mass is 465 g/mol. The van der Waals surface area contributed by atoms with Crippen LogP contribution in [0.5, 0.6) is 0 Å². The lowest BCUT2D eigenvalue weighted by molar-refractivity contribution is 0.0526. The van der Waals surface area contributed by atoms with Crippen molar-refractivity contribution in [1.82, 2.24) is 9.88 Å². The smallest absolute Gasteiger partial charge is 0.339 e. The molecule has 0 saturated carbocycles. The maximum absolute atomic E-state index is 11.7. The van der Waals surface area contributed by atoms with Gasteiger partial charge in [0.05, 0.1) is 16.2 Å². The normalized spacial score (nSPS) is 18.9. The van der Waals surface area contributed by atoms with Gasteiger partial charge in [0.1, 0.15) is 5.82 Å². The SMILES string of the molecule is CCOC(=O)c1ccc(N[C@@H]2CCCN(C(I)c3ccccc3)C2)nc1. The fourth-order valence-corrected chi connectivity index (χ4v) is 4.10. The van der Waals surface area contributed by atoms with Gasteiger partial charge in [-0.2, -0.15) is 0 Å². The van der Waals surface area contributed by atoms with Crippen LogP contribution in [0.15, 0.2) is 48.7 Å². The Morgan fingerprint density at radius 1 is 1.35 bits per heavy atom. The lowest BCUT2D eigenvalue weighted by Crippen LogP contribution is -2.42. The molecule has 0 bridgehead atoms. The number of likely N-dealkylation sites (tertiary alicyclic amines) is 1. The van der Waals surface area contributed by atoms with E-state index in [1.807, 2.05) is 6.07 Å². The molecule has 2 aromatic rings. The van der Waals surface area contributed by atoms with Crippen molar-refractivity contribution in [3.63, 3.8) is 0 Å². The second kappa shape index (κ2) is 9.32. The number of aromatic nitrogens is 1. The summed E-state index contributed by atoms with van der Waals surface area (Å²) in [5.41, 5.74) is 1.82. The maximum atomic E-state index is 11.7. The van der Waals surface area contributed by atoms with Crippen LogP contribution < -0.4 is 5.32 Å². The average Bonchev–Trinajstić information content (AvgIpc) is 2.69. The fourth-order valence-electron chi connectivity index (χ4n) is 3.18. The molecule has 1 aliphatic rings. The van der Waals surface area contributed by atoms with Crippen molar-refractivity contribution in [2.45, 2.75) is 29.9 Å². The van der Waals surface area contributed by atoms with E-state index in [9.17, 15) is 4.79 Å². The molecule has 2 atom stereocenters. The first-order valence-corrected chi connectivity index (χ1v) is 10.2. The van der Waals surface area contributed by atoms with E-state index < -0.39 is 0 Å². The minimum absolute atomic E-state index is 0.328. The van der Waals surface area contributed by atoms with Crippen LogP contribution in [0.25, 0.3) is 0 Å². The molecule has 1 aromatic heterocycles. The number of carbonyl (C=O) groups excluding carboxylic acids is 1. The van der Waals surface area contributed by atoms with Gasteiger partial charge >= 0.3 is 5.97 Å². The second-order valence-corrected chi connectivity index (χ2v) is 7.56. The van der Waals surface area contributed by atoms with E-state index in [2.05, 4.69) is 68.1 Å². The van der Waals surface area contributed by atoms with Crippen LogP contribution in [-0.4, -0.2) is 41.6 Å². The number of nitrogens with zero attached hydrogens (tertiary/aromatic N) is 2. The Bertz CT molecular complexity index is 709. The first-order chi connectivity index (χ1) is 12.7. The summed E-state index contributed by atoms with van der Waals surface area (Å²) in [5.74, 6) is 0.473. The van der Waals surface area contributed by atoms with Gasteiger partial charge in [0.25, 0.3) is 0 Å². The molecule has 0 spiro atoms. The van der Waals surface area contributed by atoms with E-state index in [0.29, 0.717) is 22.3 Å². The number of nitrogens with one attached hydrogen (secondary N) is 1. The molecule has 1 unspecified atom stereocenters. The maximum Gasteiger partial charge on any atom is 0.339 e. The molecule has 1 fully saturated rings. The van der Waals surface area contributed by atoms with Crippen molar-refractivity contribution in [2.24, 2.45) is 0 Å². The zero-order valence-corrected chi connectivity index (χ0v) is 17.1. The van der Waals surface area contributed by atoms with Gasteiger partial charge in [-0.05, 0) is 44.0 Å². The van der Waals surface area contributed by atoms with Crippen LogP contribution in [0.1, 0.15) is 39.7 Å². The van der Waals surface area contributed by atoms with Gasteiger partial charge in [-0.1, -0.05) is 52.9 Å². The number of esters is 1. The standard InChI is InChI=1S/C20H24IN3O2/c1-2-26-20(25)16-10-11-18(22-13-16)23-17-9-6-12-24(14-17)19(21)15-7-4-3-5-8-15/h3-5,7-8,10-11,13,17,19H,2,6,9,12,14H2,1H3,(H,22,23)/t17-,19?/m1/s1. The number of piperidine rings is 1. The van der Waals surface area contributed by atoms with Crippen LogP contribution in [0.4, 0.5) is 5.82 Å². The van der Waals surface area contributed by atoms with Crippen molar-refractivity contribution >= 4 is 34.4 Å². The van der Waals surface area contributed by atoms with Crippen LogP contribution in [0.2, 0.25) is 0 Å². The van der Waals surface area contributed by atoms with E-state index >= 15 is 0 Å². The molecule has 1 saturated heterocycles. The highest BCUT2D eigenvalue weighted by atomic mass is 127. The quantitative estimate of drug-likeness (QED) is 0.299. The third kappa shape index (κ3) is 4.94. The van der Waals surface area contributed by atoms with Crippen molar-refractivity contribution in [1.29, 1.82) is 0 Å². The number of alkyl halides is 1. The Balaban J connectivity index is 1.59. The number of halogens is 1. The van der Waals surface area contributed by atoms with Gasteiger partial charge in [0, 0.05) is 18.8 Å². The number of anilines is 1. The molecular weight excluding hydrogens is 441 g/mol. The van der Waals surface area contributed by atoms with Crippen LogP contribution in [0, 0.1) is 0 Å². The van der Waals surface area contributed by atoms with Crippen molar-refractivity contribution in [3.05, 3.63) is 59.8 Å². The van der Waals surface area contributed by atoms with Crippen LogP contribution in [-0.2, 0) is 4.74 Å². The Labute approximate surface area is 168 Å². The Morgan fingerprint density at radius 3 is 2.85 bits per heavy atom. The predicted molar refractivity (Wildman–Crippen MR) is 112 cm³/mol. The first-order valence-electron chi connectivity index (χ1n) is 9.00. The highest BCUT2D eigenvalue weighted by molar-refractivity contribution is 14.1. The molecule has 26 heavy (non-hydrogen) atoms. The van der Waals surface area contributed by atoms with Gasteiger partial charge in [-0.15, -0.1) is 0 Å². The number of pyridine rings is 1. The third-order valence-corrected chi connectivity index (χ3v) is 5.98. The molecule has 6 heteroatoms. The van der Waals surface area contributed by atoms with Crippen LogP contribution in [0.3, 0.4) is 0 Å². The third-order valence-electron chi connectivity index (χ3n) is 4.47. The number of hydrogen-bond acceptors (Lipinski definition) is 5. The van der Waals surface area contributed by atoms with E-state index in [1.54, 1.807) is 19.2 Å². The minimum atomic E-state index is -0.328. The second-order valence-electron chi connectivity index (χ2n) is 6.38.